The molecule has 0 saturated carbocycles. The Hall–Kier alpha value is -2.42. The zero-order valence-corrected chi connectivity index (χ0v) is 19.5. The number of nitrogens with two attached hydrogens (primary N) is 1. The van der Waals surface area contributed by atoms with Crippen molar-refractivity contribution < 1.29 is 18.2 Å². The summed E-state index contributed by atoms with van der Waals surface area (Å²) in [7, 11) is 0.439. The van der Waals surface area contributed by atoms with Gasteiger partial charge in [0, 0.05) is 6.54 Å². The fourth-order valence-electron chi connectivity index (χ4n) is 3.52. The van der Waals surface area contributed by atoms with Crippen LogP contribution in [-0.4, -0.2) is 35.4 Å². The van der Waals surface area contributed by atoms with Gasteiger partial charge in [-0.05, 0) is 66.9 Å². The van der Waals surface area contributed by atoms with Gasteiger partial charge in [0.15, 0.2) is 6.29 Å². The number of aldehydes is 1. The molecule has 0 aliphatic carbocycles. The van der Waals surface area contributed by atoms with Crippen molar-refractivity contribution in [3.8, 4) is 0 Å². The van der Waals surface area contributed by atoms with Crippen LogP contribution in [0.15, 0.2) is 39.6 Å². The molecular formula is C23H30FN3O3S. The molecule has 0 aliphatic rings. The van der Waals surface area contributed by atoms with Gasteiger partial charge in [0.05, 0.1) is 16.9 Å². The lowest BCUT2D eigenvalue weighted by molar-refractivity contribution is -0.117. The highest BCUT2D eigenvalue weighted by Gasteiger charge is 2.21. The summed E-state index contributed by atoms with van der Waals surface area (Å²) in [4.78, 5) is 26.2. The maximum Gasteiger partial charge on any atom is 0.259 e. The van der Waals surface area contributed by atoms with Crippen LogP contribution in [0.5, 0.6) is 0 Å². The second-order valence-corrected chi connectivity index (χ2v) is 9.86. The standard InChI is InChI=1S/C23H30FN3O3S/c1-6-19-21(20(15(2)3)11-17(14-28)23(19)24)12-22(29)26-31(25,30)18-9-7-16(8-10-18)13-27(4)5/h7-11,14-15H,6,12-13H2,1-5H3,(H2,25,26,29,30). The van der Waals surface area contributed by atoms with Crippen molar-refractivity contribution in [1.82, 2.24) is 4.90 Å². The van der Waals surface area contributed by atoms with Gasteiger partial charge in [-0.25, -0.2) is 13.7 Å². The first kappa shape index (κ1) is 24.8. The Kier molecular flexibility index (Phi) is 8.22. The van der Waals surface area contributed by atoms with Crippen molar-refractivity contribution in [2.24, 2.45) is 9.50 Å². The Morgan fingerprint density at radius 2 is 1.84 bits per heavy atom. The number of amides is 1. The quantitative estimate of drug-likeness (QED) is 0.622. The van der Waals surface area contributed by atoms with Crippen molar-refractivity contribution in [2.45, 2.75) is 51.0 Å². The lowest BCUT2D eigenvalue weighted by Crippen LogP contribution is -2.17. The molecule has 2 rings (SSSR count). The second kappa shape index (κ2) is 10.3. The number of benzene rings is 2. The van der Waals surface area contributed by atoms with Gasteiger partial charge in [-0.15, -0.1) is 4.36 Å². The minimum Gasteiger partial charge on any atom is -0.305 e. The molecule has 0 saturated heterocycles. The Labute approximate surface area is 184 Å². The first-order valence-corrected chi connectivity index (χ1v) is 11.7. The molecule has 0 spiro atoms. The topological polar surface area (TPSA) is 92.8 Å². The number of nitrogens with zero attached hydrogens (tertiary/aromatic N) is 2. The van der Waals surface area contributed by atoms with E-state index in [9.17, 15) is 18.2 Å². The van der Waals surface area contributed by atoms with E-state index in [-0.39, 0.29) is 22.8 Å². The summed E-state index contributed by atoms with van der Waals surface area (Å²) in [6.07, 6.45) is 0.545. The molecule has 0 aromatic heterocycles. The summed E-state index contributed by atoms with van der Waals surface area (Å²) in [6.45, 7) is 6.26. The molecule has 168 valence electrons. The summed E-state index contributed by atoms with van der Waals surface area (Å²) in [5, 5.41) is 5.90. The highest BCUT2D eigenvalue weighted by molar-refractivity contribution is 7.91. The first-order valence-electron chi connectivity index (χ1n) is 10.1. The lowest BCUT2D eigenvalue weighted by atomic mass is 9.88. The van der Waals surface area contributed by atoms with E-state index in [1.165, 1.54) is 6.07 Å². The van der Waals surface area contributed by atoms with Gasteiger partial charge in [0.1, 0.15) is 15.7 Å². The van der Waals surface area contributed by atoms with E-state index >= 15 is 0 Å². The molecule has 0 radical (unpaired) electrons. The molecule has 2 N–H and O–H groups in total. The molecule has 0 fully saturated rings. The molecule has 6 nitrogen and oxygen atoms in total. The van der Waals surface area contributed by atoms with Gasteiger partial charge >= 0.3 is 0 Å². The number of rotatable bonds is 8. The third-order valence-corrected chi connectivity index (χ3v) is 6.39. The van der Waals surface area contributed by atoms with Crippen molar-refractivity contribution >= 4 is 22.1 Å². The van der Waals surface area contributed by atoms with E-state index in [4.69, 9.17) is 5.14 Å². The third kappa shape index (κ3) is 6.06. The van der Waals surface area contributed by atoms with Crippen molar-refractivity contribution in [3.05, 3.63) is 64.0 Å². The van der Waals surface area contributed by atoms with Crippen LogP contribution in [0.25, 0.3) is 0 Å². The molecule has 2 aromatic rings. The van der Waals surface area contributed by atoms with Gasteiger partial charge in [-0.3, -0.25) is 9.59 Å². The minimum atomic E-state index is -3.44. The normalized spacial score (nSPS) is 13.3. The Morgan fingerprint density at radius 1 is 1.23 bits per heavy atom. The van der Waals surface area contributed by atoms with Crippen molar-refractivity contribution in [1.29, 1.82) is 0 Å². The SMILES string of the molecule is CCc1c(F)c(C=O)cc(C(C)C)c1CC(=O)N=S(N)(=O)c1ccc(CN(C)C)cc1. The first-order chi connectivity index (χ1) is 14.5. The molecule has 2 aromatic carbocycles. The van der Waals surface area contributed by atoms with Crippen molar-refractivity contribution in [3.63, 3.8) is 0 Å². The van der Waals surface area contributed by atoms with E-state index in [2.05, 4.69) is 4.36 Å². The Balaban J connectivity index is 2.42. The molecule has 0 heterocycles. The zero-order chi connectivity index (χ0) is 23.3. The molecule has 1 unspecified atom stereocenters. The fraction of sp³-hybridized carbons (Fsp3) is 0.391. The molecule has 1 amide bonds. The molecule has 31 heavy (non-hydrogen) atoms. The highest BCUT2D eigenvalue weighted by Crippen LogP contribution is 2.29. The minimum absolute atomic E-state index is 0.0332. The summed E-state index contributed by atoms with van der Waals surface area (Å²) in [5.41, 5.74) is 2.45. The van der Waals surface area contributed by atoms with Crippen LogP contribution in [0.2, 0.25) is 0 Å². The van der Waals surface area contributed by atoms with E-state index in [0.29, 0.717) is 35.9 Å². The van der Waals surface area contributed by atoms with Crippen LogP contribution < -0.4 is 5.14 Å². The van der Waals surface area contributed by atoms with E-state index in [1.807, 2.05) is 32.8 Å². The van der Waals surface area contributed by atoms with Crippen LogP contribution in [0.3, 0.4) is 0 Å². The predicted octanol–water partition coefficient (Wildman–Crippen LogP) is 3.86. The zero-order valence-electron chi connectivity index (χ0n) is 18.6. The highest BCUT2D eigenvalue weighted by atomic mass is 32.2. The second-order valence-electron chi connectivity index (χ2n) is 8.06. The number of hydrogen-bond donors (Lipinski definition) is 1. The van der Waals surface area contributed by atoms with Crippen LogP contribution in [-0.2, 0) is 34.1 Å². The number of carbonyl (C=O) groups is 2. The van der Waals surface area contributed by atoms with Crippen molar-refractivity contribution in [2.75, 3.05) is 14.1 Å². The van der Waals surface area contributed by atoms with Crippen LogP contribution in [0.1, 0.15) is 59.3 Å². The molecular weight excluding hydrogens is 417 g/mol. The molecule has 0 aliphatic heterocycles. The lowest BCUT2D eigenvalue weighted by Gasteiger charge is -2.18. The predicted molar refractivity (Wildman–Crippen MR) is 121 cm³/mol. The molecule has 8 heteroatoms. The summed E-state index contributed by atoms with van der Waals surface area (Å²) in [5.74, 6) is -1.37. The van der Waals surface area contributed by atoms with E-state index in [0.717, 1.165) is 5.56 Å². The average molecular weight is 448 g/mol. The summed E-state index contributed by atoms with van der Waals surface area (Å²) in [6, 6.07) is 8.27. The smallest absolute Gasteiger partial charge is 0.259 e. The number of carbonyl (C=O) groups excluding carboxylic acids is 2. The fourth-order valence-corrected chi connectivity index (χ4v) is 4.52. The third-order valence-electron chi connectivity index (χ3n) is 4.97. The number of hydrogen-bond acceptors (Lipinski definition) is 4. The largest absolute Gasteiger partial charge is 0.305 e. The van der Waals surface area contributed by atoms with Gasteiger partial charge in [-0.1, -0.05) is 32.9 Å². The van der Waals surface area contributed by atoms with Gasteiger partial charge in [0.25, 0.3) is 5.91 Å². The average Bonchev–Trinajstić information content (AvgIpc) is 2.67. The summed E-state index contributed by atoms with van der Waals surface area (Å²) >= 11 is 0. The van der Waals surface area contributed by atoms with E-state index < -0.39 is 21.6 Å². The van der Waals surface area contributed by atoms with E-state index in [1.54, 1.807) is 31.2 Å². The van der Waals surface area contributed by atoms with Crippen LogP contribution >= 0.6 is 0 Å². The Morgan fingerprint density at radius 3 is 2.32 bits per heavy atom. The molecule has 0 bridgehead atoms. The Bertz CT molecular complexity index is 1090. The summed E-state index contributed by atoms with van der Waals surface area (Å²) < 4.78 is 31.4. The monoisotopic (exact) mass is 447 g/mol. The number of halogens is 1. The molecule has 1 atom stereocenters. The van der Waals surface area contributed by atoms with Crippen LogP contribution in [0.4, 0.5) is 4.39 Å². The maximum absolute atomic E-state index is 14.7. The van der Waals surface area contributed by atoms with Gasteiger partial charge in [-0.2, -0.15) is 0 Å². The van der Waals surface area contributed by atoms with Crippen LogP contribution in [0, 0.1) is 5.82 Å². The maximum atomic E-state index is 14.7. The van der Waals surface area contributed by atoms with Gasteiger partial charge in [0.2, 0.25) is 0 Å². The van der Waals surface area contributed by atoms with Gasteiger partial charge < -0.3 is 4.90 Å².